The average molecular weight is 297 g/mol. The highest BCUT2D eigenvalue weighted by Crippen LogP contribution is 2.18. The zero-order valence-corrected chi connectivity index (χ0v) is 13.8. The van der Waals surface area contributed by atoms with Gasteiger partial charge in [0.1, 0.15) is 0 Å². The summed E-state index contributed by atoms with van der Waals surface area (Å²) < 4.78 is 0. The van der Waals surface area contributed by atoms with Crippen LogP contribution in [0, 0.1) is 0 Å². The Kier molecular flexibility index (Phi) is 8.12. The smallest absolute Gasteiger partial charge is 0.239 e. The first-order valence-electron chi connectivity index (χ1n) is 8.05. The third kappa shape index (κ3) is 6.33. The van der Waals surface area contributed by atoms with Crippen LogP contribution in [0.2, 0.25) is 0 Å². The summed E-state index contributed by atoms with van der Waals surface area (Å²) >= 11 is 0. The standard InChI is InChI=1S/C15H31N5O/c1-4-5-9-17-15(16)18-10-7-12-20-11-6-8-13(20)14(21)19(2)3/h13H,4-12H2,1-3H3,(H3,16,17,18). The van der Waals surface area contributed by atoms with E-state index in [2.05, 4.69) is 22.1 Å². The lowest BCUT2D eigenvalue weighted by Gasteiger charge is -2.25. The van der Waals surface area contributed by atoms with Crippen LogP contribution in [-0.4, -0.2) is 68.0 Å². The molecule has 122 valence electrons. The largest absolute Gasteiger partial charge is 0.370 e. The summed E-state index contributed by atoms with van der Waals surface area (Å²) in [7, 11) is 3.65. The summed E-state index contributed by atoms with van der Waals surface area (Å²) in [6.45, 7) is 5.67. The fourth-order valence-corrected chi connectivity index (χ4v) is 2.59. The Balaban J connectivity index is 2.25. The average Bonchev–Trinajstić information content (AvgIpc) is 2.91. The number of nitrogens with two attached hydrogens (primary N) is 1. The lowest BCUT2D eigenvalue weighted by atomic mass is 10.2. The maximum atomic E-state index is 12.1. The molecule has 1 rings (SSSR count). The van der Waals surface area contributed by atoms with Gasteiger partial charge in [0.2, 0.25) is 5.91 Å². The van der Waals surface area contributed by atoms with Crippen LogP contribution in [-0.2, 0) is 4.79 Å². The highest BCUT2D eigenvalue weighted by Gasteiger charge is 2.30. The molecular formula is C15H31N5O. The highest BCUT2D eigenvalue weighted by atomic mass is 16.2. The van der Waals surface area contributed by atoms with Gasteiger partial charge >= 0.3 is 0 Å². The Morgan fingerprint density at radius 3 is 2.86 bits per heavy atom. The molecule has 0 aliphatic carbocycles. The first kappa shape index (κ1) is 17.8. The third-order valence-corrected chi connectivity index (χ3v) is 3.81. The third-order valence-electron chi connectivity index (χ3n) is 3.81. The molecule has 0 aromatic carbocycles. The predicted octanol–water partition coefficient (Wildman–Crippen LogP) is 0.634. The van der Waals surface area contributed by atoms with Gasteiger partial charge in [0.15, 0.2) is 5.96 Å². The second kappa shape index (κ2) is 9.60. The van der Waals surface area contributed by atoms with Crippen molar-refractivity contribution in [2.24, 2.45) is 10.7 Å². The van der Waals surface area contributed by atoms with Crippen LogP contribution >= 0.6 is 0 Å². The SMILES string of the molecule is CCCCNC(N)=NCCCN1CCCC1C(=O)N(C)C. The van der Waals surface area contributed by atoms with E-state index < -0.39 is 0 Å². The van der Waals surface area contributed by atoms with Crippen LogP contribution in [0.1, 0.15) is 39.0 Å². The number of nitrogens with zero attached hydrogens (tertiary/aromatic N) is 3. The van der Waals surface area contributed by atoms with Crippen molar-refractivity contribution in [2.45, 2.75) is 45.1 Å². The van der Waals surface area contributed by atoms with Crippen molar-refractivity contribution in [1.82, 2.24) is 15.1 Å². The Morgan fingerprint density at radius 2 is 2.19 bits per heavy atom. The molecule has 0 aromatic heterocycles. The molecule has 0 bridgehead atoms. The molecule has 6 heteroatoms. The van der Waals surface area contributed by atoms with Crippen molar-refractivity contribution in [3.05, 3.63) is 0 Å². The molecule has 6 nitrogen and oxygen atoms in total. The number of guanidine groups is 1. The molecule has 1 amide bonds. The minimum absolute atomic E-state index is 0.0593. The molecular weight excluding hydrogens is 266 g/mol. The van der Waals surface area contributed by atoms with E-state index in [-0.39, 0.29) is 11.9 Å². The van der Waals surface area contributed by atoms with E-state index in [0.717, 1.165) is 51.7 Å². The number of hydrogen-bond acceptors (Lipinski definition) is 3. The zero-order valence-electron chi connectivity index (χ0n) is 13.8. The van der Waals surface area contributed by atoms with Crippen LogP contribution < -0.4 is 11.1 Å². The number of unbranched alkanes of at least 4 members (excludes halogenated alkanes) is 1. The number of carbonyl (C=O) groups is 1. The number of rotatable bonds is 8. The summed E-state index contributed by atoms with van der Waals surface area (Å²) in [5.74, 6) is 0.752. The maximum absolute atomic E-state index is 12.1. The molecule has 0 spiro atoms. The number of likely N-dealkylation sites (tertiary alicyclic amines) is 1. The number of likely N-dealkylation sites (N-methyl/N-ethyl adjacent to an activating group) is 1. The van der Waals surface area contributed by atoms with Gasteiger partial charge in [-0.3, -0.25) is 14.7 Å². The highest BCUT2D eigenvalue weighted by molar-refractivity contribution is 5.81. The summed E-state index contributed by atoms with van der Waals surface area (Å²) in [5.41, 5.74) is 5.79. The van der Waals surface area contributed by atoms with Crippen LogP contribution in [0.3, 0.4) is 0 Å². The van der Waals surface area contributed by atoms with Crippen LogP contribution in [0.5, 0.6) is 0 Å². The Hall–Kier alpha value is -1.30. The van der Waals surface area contributed by atoms with Gasteiger partial charge in [-0.1, -0.05) is 13.3 Å². The van der Waals surface area contributed by atoms with Crippen molar-refractivity contribution < 1.29 is 4.79 Å². The Morgan fingerprint density at radius 1 is 1.43 bits per heavy atom. The number of carbonyl (C=O) groups excluding carboxylic acids is 1. The summed E-state index contributed by atoms with van der Waals surface area (Å²) in [5, 5.41) is 3.11. The molecule has 0 radical (unpaired) electrons. The van der Waals surface area contributed by atoms with Crippen LogP contribution in [0.15, 0.2) is 4.99 Å². The molecule has 1 atom stereocenters. The van der Waals surface area contributed by atoms with Crippen molar-refractivity contribution >= 4 is 11.9 Å². The van der Waals surface area contributed by atoms with Gasteiger partial charge in [0.25, 0.3) is 0 Å². The van der Waals surface area contributed by atoms with Crippen LogP contribution in [0.25, 0.3) is 0 Å². The van der Waals surface area contributed by atoms with Crippen LogP contribution in [0.4, 0.5) is 0 Å². The van der Waals surface area contributed by atoms with Gasteiger partial charge in [-0.25, -0.2) is 0 Å². The molecule has 21 heavy (non-hydrogen) atoms. The molecule has 1 saturated heterocycles. The van der Waals surface area contributed by atoms with E-state index in [1.165, 1.54) is 0 Å². The van der Waals surface area contributed by atoms with Gasteiger partial charge in [-0.15, -0.1) is 0 Å². The predicted molar refractivity (Wildman–Crippen MR) is 87.3 cm³/mol. The first-order chi connectivity index (χ1) is 10.1. The number of hydrogen-bond donors (Lipinski definition) is 2. The molecule has 1 fully saturated rings. The van der Waals surface area contributed by atoms with Gasteiger partial charge in [-0.2, -0.15) is 0 Å². The topological polar surface area (TPSA) is 74.0 Å². The molecule has 1 aliphatic heterocycles. The zero-order chi connectivity index (χ0) is 15.7. The van der Waals surface area contributed by atoms with Gasteiger partial charge in [0, 0.05) is 33.7 Å². The number of amides is 1. The minimum atomic E-state index is 0.0593. The normalized spacial score (nSPS) is 19.8. The van der Waals surface area contributed by atoms with Crippen molar-refractivity contribution in [3.63, 3.8) is 0 Å². The summed E-state index contributed by atoms with van der Waals surface area (Å²) in [4.78, 5) is 20.4. The molecule has 1 aliphatic rings. The van der Waals surface area contributed by atoms with E-state index in [4.69, 9.17) is 5.73 Å². The molecule has 1 heterocycles. The summed E-state index contributed by atoms with van der Waals surface area (Å²) in [6.07, 6.45) is 5.28. The molecule has 0 saturated carbocycles. The van der Waals surface area contributed by atoms with E-state index in [1.54, 1.807) is 4.90 Å². The number of aliphatic imine (C=N–C) groups is 1. The lowest BCUT2D eigenvalue weighted by molar-refractivity contribution is -0.133. The summed E-state index contributed by atoms with van der Waals surface area (Å²) in [6, 6.07) is 0.0593. The Bertz CT molecular complexity index is 343. The van der Waals surface area contributed by atoms with E-state index in [1.807, 2.05) is 14.1 Å². The van der Waals surface area contributed by atoms with Crippen molar-refractivity contribution in [2.75, 3.05) is 40.3 Å². The van der Waals surface area contributed by atoms with E-state index >= 15 is 0 Å². The Labute approximate surface area is 128 Å². The van der Waals surface area contributed by atoms with Gasteiger partial charge in [0.05, 0.1) is 6.04 Å². The van der Waals surface area contributed by atoms with E-state index in [9.17, 15) is 4.79 Å². The second-order valence-corrected chi connectivity index (χ2v) is 5.83. The monoisotopic (exact) mass is 297 g/mol. The number of nitrogens with one attached hydrogen (secondary N) is 1. The molecule has 0 aromatic rings. The van der Waals surface area contributed by atoms with E-state index in [0.29, 0.717) is 12.5 Å². The second-order valence-electron chi connectivity index (χ2n) is 5.83. The van der Waals surface area contributed by atoms with Gasteiger partial charge < -0.3 is 16.0 Å². The quantitative estimate of drug-likeness (QED) is 0.391. The fourth-order valence-electron chi connectivity index (χ4n) is 2.59. The van der Waals surface area contributed by atoms with Crippen molar-refractivity contribution in [1.29, 1.82) is 0 Å². The maximum Gasteiger partial charge on any atom is 0.239 e. The lowest BCUT2D eigenvalue weighted by Crippen LogP contribution is -2.43. The molecule has 1 unspecified atom stereocenters. The molecule has 3 N–H and O–H groups in total. The van der Waals surface area contributed by atoms with Crippen molar-refractivity contribution in [3.8, 4) is 0 Å². The fraction of sp³-hybridized carbons (Fsp3) is 0.867. The van der Waals surface area contributed by atoms with Gasteiger partial charge in [-0.05, 0) is 32.2 Å². The first-order valence-corrected chi connectivity index (χ1v) is 8.05. The minimum Gasteiger partial charge on any atom is -0.370 e.